The first-order valence-electron chi connectivity index (χ1n) is 10.1. The summed E-state index contributed by atoms with van der Waals surface area (Å²) in [6, 6.07) is 0. The molecule has 0 radical (unpaired) electrons. The van der Waals surface area contributed by atoms with Crippen LogP contribution in [0.25, 0.3) is 0 Å². The number of hydrogen-bond acceptors (Lipinski definition) is 6. The lowest BCUT2D eigenvalue weighted by molar-refractivity contribution is -0.197. The third-order valence-corrected chi connectivity index (χ3v) is 6.71. The van der Waals surface area contributed by atoms with Gasteiger partial charge in [0.1, 0.15) is 0 Å². The minimum Gasteiger partial charge on any atom is -0.354 e. The molecule has 8 heteroatoms. The largest absolute Gasteiger partial charge is 0.354 e. The second-order valence-electron chi connectivity index (χ2n) is 10.7. The highest BCUT2D eigenvalue weighted by Crippen LogP contribution is 2.44. The van der Waals surface area contributed by atoms with Crippen LogP contribution in [0.2, 0.25) is 0 Å². The van der Waals surface area contributed by atoms with E-state index in [4.69, 9.17) is 0 Å². The summed E-state index contributed by atoms with van der Waals surface area (Å²) in [5.41, 5.74) is -2.23. The van der Waals surface area contributed by atoms with Crippen LogP contribution in [-0.2, 0) is 9.59 Å². The summed E-state index contributed by atoms with van der Waals surface area (Å²) in [5, 5.41) is 29.0. The maximum Gasteiger partial charge on any atom is 0.225 e. The van der Waals surface area contributed by atoms with Crippen LogP contribution in [0.15, 0.2) is 0 Å². The number of hydrogen-bond donors (Lipinski definition) is 4. The monoisotopic (exact) mass is 398 g/mol. The highest BCUT2D eigenvalue weighted by atomic mass is 16.5. The highest BCUT2D eigenvalue weighted by Gasteiger charge is 2.55. The smallest absolute Gasteiger partial charge is 0.225 e. The molecule has 0 aromatic rings. The van der Waals surface area contributed by atoms with E-state index in [-0.39, 0.29) is 23.7 Å². The Morgan fingerprint density at radius 3 is 1.25 bits per heavy atom. The first-order chi connectivity index (χ1) is 12.5. The molecule has 162 valence electrons. The molecule has 2 saturated heterocycles. The lowest BCUT2D eigenvalue weighted by Gasteiger charge is -2.35. The molecule has 2 heterocycles. The van der Waals surface area contributed by atoms with Gasteiger partial charge in [-0.2, -0.15) is 10.1 Å². The molecule has 0 aromatic carbocycles. The third kappa shape index (κ3) is 3.92. The first kappa shape index (κ1) is 23.1. The lowest BCUT2D eigenvalue weighted by Crippen LogP contribution is -2.51. The van der Waals surface area contributed by atoms with Crippen molar-refractivity contribution < 1.29 is 20.0 Å². The standard InChI is InChI=1S/C20H38N4O4/c1-17(2)11-13(19(5,6)23(17)27)15(25)21-9-10-22-16(26)14-12-18(3,4)24(28)20(14,7)8/h13-14,27-28H,9-12H2,1-8H3,(H,21,25)(H,22,26). The van der Waals surface area contributed by atoms with E-state index in [9.17, 15) is 20.0 Å². The van der Waals surface area contributed by atoms with Gasteiger partial charge in [0.2, 0.25) is 11.8 Å². The van der Waals surface area contributed by atoms with E-state index >= 15 is 0 Å². The zero-order valence-electron chi connectivity index (χ0n) is 18.6. The van der Waals surface area contributed by atoms with Crippen LogP contribution in [0.3, 0.4) is 0 Å². The van der Waals surface area contributed by atoms with Crippen LogP contribution in [0.1, 0.15) is 68.2 Å². The summed E-state index contributed by atoms with van der Waals surface area (Å²) in [5.74, 6) is -0.901. The van der Waals surface area contributed by atoms with Crippen molar-refractivity contribution in [1.29, 1.82) is 0 Å². The predicted octanol–water partition coefficient (Wildman–Crippen LogP) is 1.76. The quantitative estimate of drug-likeness (QED) is 0.526. The van der Waals surface area contributed by atoms with Gasteiger partial charge >= 0.3 is 0 Å². The van der Waals surface area contributed by atoms with Crippen molar-refractivity contribution in [2.24, 2.45) is 11.8 Å². The molecule has 2 rings (SSSR count). The number of carbonyl (C=O) groups excluding carboxylic acids is 2. The van der Waals surface area contributed by atoms with Crippen molar-refractivity contribution in [2.45, 2.75) is 90.4 Å². The van der Waals surface area contributed by atoms with Gasteiger partial charge in [0.25, 0.3) is 0 Å². The summed E-state index contributed by atoms with van der Waals surface area (Å²) >= 11 is 0. The molecular weight excluding hydrogens is 360 g/mol. The summed E-state index contributed by atoms with van der Waals surface area (Å²) in [7, 11) is 0. The Hall–Kier alpha value is -1.22. The Labute approximate surface area is 168 Å². The SMILES string of the molecule is CC1(C)CC(C(=O)NCCNC(=O)C2CC(C)(C)N(O)C2(C)C)C(C)(C)N1O. The zero-order chi connectivity index (χ0) is 21.7. The molecule has 2 amide bonds. The maximum absolute atomic E-state index is 12.6. The van der Waals surface area contributed by atoms with Gasteiger partial charge in [0, 0.05) is 24.2 Å². The molecular formula is C20H38N4O4. The van der Waals surface area contributed by atoms with Crippen molar-refractivity contribution >= 4 is 11.8 Å². The normalized spacial score (nSPS) is 30.9. The van der Waals surface area contributed by atoms with Crippen molar-refractivity contribution in [1.82, 2.24) is 20.8 Å². The zero-order valence-corrected chi connectivity index (χ0v) is 18.6. The molecule has 0 spiro atoms. The molecule has 0 aromatic heterocycles. The topological polar surface area (TPSA) is 105 Å². The minimum absolute atomic E-state index is 0.118. The fourth-order valence-corrected chi connectivity index (χ4v) is 4.97. The summed E-state index contributed by atoms with van der Waals surface area (Å²) in [4.78, 5) is 25.3. The van der Waals surface area contributed by atoms with Crippen molar-refractivity contribution in [3.63, 3.8) is 0 Å². The van der Waals surface area contributed by atoms with E-state index in [0.717, 1.165) is 0 Å². The average molecular weight is 399 g/mol. The van der Waals surface area contributed by atoms with Crippen LogP contribution in [0, 0.1) is 11.8 Å². The number of rotatable bonds is 5. The van der Waals surface area contributed by atoms with Crippen LogP contribution in [0.4, 0.5) is 0 Å². The summed E-state index contributed by atoms with van der Waals surface area (Å²) < 4.78 is 0. The van der Waals surface area contributed by atoms with Gasteiger partial charge in [-0.25, -0.2) is 0 Å². The Bertz CT molecular complexity index is 576. The molecule has 4 N–H and O–H groups in total. The van der Waals surface area contributed by atoms with E-state index in [1.165, 1.54) is 10.1 Å². The number of amides is 2. The number of hydroxylamine groups is 4. The Morgan fingerprint density at radius 1 is 0.750 bits per heavy atom. The molecule has 8 nitrogen and oxygen atoms in total. The van der Waals surface area contributed by atoms with E-state index in [2.05, 4.69) is 10.6 Å². The second kappa shape index (κ2) is 7.23. The Kier molecular flexibility index (Phi) is 5.96. The molecule has 2 aliphatic heterocycles. The van der Waals surface area contributed by atoms with Gasteiger partial charge in [-0.1, -0.05) is 0 Å². The first-order valence-corrected chi connectivity index (χ1v) is 10.1. The molecule has 0 aliphatic carbocycles. The lowest BCUT2D eigenvalue weighted by atomic mass is 9.86. The van der Waals surface area contributed by atoms with E-state index < -0.39 is 22.2 Å². The van der Waals surface area contributed by atoms with Gasteiger partial charge < -0.3 is 21.0 Å². The molecule has 0 saturated carbocycles. The van der Waals surface area contributed by atoms with Crippen LogP contribution < -0.4 is 10.6 Å². The third-order valence-electron chi connectivity index (χ3n) is 6.71. The molecule has 28 heavy (non-hydrogen) atoms. The fraction of sp³-hybridized carbons (Fsp3) is 0.900. The number of carbonyl (C=O) groups is 2. The van der Waals surface area contributed by atoms with Gasteiger partial charge in [-0.15, -0.1) is 0 Å². The number of nitrogens with zero attached hydrogens (tertiary/aromatic N) is 2. The van der Waals surface area contributed by atoms with E-state index in [1.54, 1.807) is 0 Å². The average Bonchev–Trinajstić information content (AvgIpc) is 2.85. The minimum atomic E-state index is -0.652. The van der Waals surface area contributed by atoms with Crippen LogP contribution >= 0.6 is 0 Å². The van der Waals surface area contributed by atoms with Crippen LogP contribution in [0.5, 0.6) is 0 Å². The van der Waals surface area contributed by atoms with Crippen molar-refractivity contribution in [3.05, 3.63) is 0 Å². The van der Waals surface area contributed by atoms with Gasteiger partial charge in [-0.3, -0.25) is 9.59 Å². The maximum atomic E-state index is 12.6. The van der Waals surface area contributed by atoms with E-state index in [0.29, 0.717) is 25.9 Å². The molecule has 2 aliphatic rings. The molecule has 2 unspecified atom stereocenters. The highest BCUT2D eigenvalue weighted by molar-refractivity contribution is 5.82. The van der Waals surface area contributed by atoms with Gasteiger partial charge in [0.15, 0.2) is 0 Å². The van der Waals surface area contributed by atoms with Gasteiger partial charge in [0.05, 0.1) is 22.9 Å². The fourth-order valence-electron chi connectivity index (χ4n) is 4.97. The van der Waals surface area contributed by atoms with E-state index in [1.807, 2.05) is 55.4 Å². The molecule has 2 atom stereocenters. The van der Waals surface area contributed by atoms with Crippen molar-refractivity contribution in [2.75, 3.05) is 13.1 Å². The van der Waals surface area contributed by atoms with Crippen molar-refractivity contribution in [3.8, 4) is 0 Å². The Balaban J connectivity index is 1.85. The Morgan fingerprint density at radius 2 is 1.04 bits per heavy atom. The predicted molar refractivity (Wildman–Crippen MR) is 106 cm³/mol. The van der Waals surface area contributed by atoms with Gasteiger partial charge in [-0.05, 0) is 68.2 Å². The second-order valence-corrected chi connectivity index (χ2v) is 10.7. The molecule has 0 bridgehead atoms. The summed E-state index contributed by atoms with van der Waals surface area (Å²) in [6.45, 7) is 15.7. The van der Waals surface area contributed by atoms with Crippen LogP contribution in [-0.4, -0.2) is 67.6 Å². The summed E-state index contributed by atoms with van der Waals surface area (Å²) in [6.07, 6.45) is 1.12. The number of nitrogens with one attached hydrogen (secondary N) is 2. The molecule has 2 fully saturated rings.